The van der Waals surface area contributed by atoms with E-state index in [0.717, 1.165) is 18.3 Å². The van der Waals surface area contributed by atoms with Gasteiger partial charge in [0, 0.05) is 37.8 Å². The monoisotopic (exact) mass is 551 g/mol. The summed E-state index contributed by atoms with van der Waals surface area (Å²) < 4.78 is 99.8. The van der Waals surface area contributed by atoms with Gasteiger partial charge in [0.1, 0.15) is 11.4 Å². The molecule has 1 aromatic heterocycles. The van der Waals surface area contributed by atoms with E-state index in [2.05, 4.69) is 9.17 Å². The van der Waals surface area contributed by atoms with Crippen LogP contribution in [-0.4, -0.2) is 56.9 Å². The highest BCUT2D eigenvalue weighted by molar-refractivity contribution is 7.93. The molecule has 1 saturated heterocycles. The number of carbonyl (C=O) groups is 1. The zero-order valence-corrected chi connectivity index (χ0v) is 21.2. The Kier molecular flexibility index (Phi) is 7.46. The van der Waals surface area contributed by atoms with Crippen LogP contribution >= 0.6 is 0 Å². The van der Waals surface area contributed by atoms with E-state index in [0.29, 0.717) is 5.56 Å². The summed E-state index contributed by atoms with van der Waals surface area (Å²) in [7, 11) is -10.1. The fourth-order valence-electron chi connectivity index (χ4n) is 3.45. The van der Waals surface area contributed by atoms with Crippen LogP contribution in [0.1, 0.15) is 33.6 Å². The zero-order chi connectivity index (χ0) is 27.0. The summed E-state index contributed by atoms with van der Waals surface area (Å²) in [6.07, 6.45) is 0.896. The Bertz CT molecular complexity index is 1310. The summed E-state index contributed by atoms with van der Waals surface area (Å²) in [6.45, 7) is 5.02. The highest BCUT2D eigenvalue weighted by Gasteiger charge is 2.54. The molecule has 1 fully saturated rings. The van der Waals surface area contributed by atoms with Gasteiger partial charge < -0.3 is 13.7 Å². The fraction of sp³-hybridized carbons (Fsp3) is 0.455. The Morgan fingerprint density at radius 1 is 0.972 bits per heavy atom. The zero-order valence-electron chi connectivity index (χ0n) is 19.5. The predicted octanol–water partition coefficient (Wildman–Crippen LogP) is 3.64. The van der Waals surface area contributed by atoms with Crippen molar-refractivity contribution in [3.05, 3.63) is 42.6 Å². The van der Waals surface area contributed by atoms with E-state index < -0.39 is 47.5 Å². The van der Waals surface area contributed by atoms with Crippen molar-refractivity contribution >= 4 is 25.9 Å². The summed E-state index contributed by atoms with van der Waals surface area (Å²) in [5.41, 5.74) is -5.88. The average Bonchev–Trinajstić information content (AvgIpc) is 2.78. The highest BCUT2D eigenvalue weighted by atomic mass is 32.2. The molecule has 14 heteroatoms. The van der Waals surface area contributed by atoms with Crippen LogP contribution in [0.2, 0.25) is 0 Å². The molecule has 198 valence electrons. The topological polar surface area (TPSA) is 126 Å². The molecule has 1 aromatic carbocycles. The summed E-state index contributed by atoms with van der Waals surface area (Å²) in [6, 6.07) is 7.15. The molecule has 0 bridgehead atoms. The van der Waals surface area contributed by atoms with E-state index in [1.54, 1.807) is 20.8 Å². The molecule has 0 saturated carbocycles. The second-order valence-corrected chi connectivity index (χ2v) is 12.8. The Hall–Kier alpha value is -2.71. The number of nitrogens with zero attached hydrogens (tertiary/aromatic N) is 1. The molecule has 0 unspecified atom stereocenters. The van der Waals surface area contributed by atoms with E-state index in [9.17, 15) is 34.8 Å². The van der Waals surface area contributed by atoms with Crippen molar-refractivity contribution in [2.75, 3.05) is 13.2 Å². The molecule has 1 aliphatic rings. The first-order chi connectivity index (χ1) is 16.5. The minimum Gasteiger partial charge on any atom is -0.459 e. The van der Waals surface area contributed by atoms with Gasteiger partial charge in [-0.15, -0.1) is 0 Å². The standard InChI is InChI=1S/C22H24F3NO8S2/c1-20(2,3)33-19(27)21(10-12-32-13-11-21)35(28,29)17-8-9-18(26-14-17)15-4-6-16(7-5-15)34-36(30,31)22(23,24)25/h4-9,14H,10-13H2,1-3H3. The fourth-order valence-corrected chi connectivity index (χ4v) is 5.76. The predicted molar refractivity (Wildman–Crippen MR) is 121 cm³/mol. The maximum absolute atomic E-state index is 13.6. The highest BCUT2D eigenvalue weighted by Crippen LogP contribution is 2.37. The van der Waals surface area contributed by atoms with Crippen LogP contribution < -0.4 is 4.18 Å². The largest absolute Gasteiger partial charge is 0.534 e. The second-order valence-electron chi connectivity index (χ2n) is 9.00. The van der Waals surface area contributed by atoms with Crippen LogP contribution in [-0.2, 0) is 34.2 Å². The summed E-state index contributed by atoms with van der Waals surface area (Å²) in [5.74, 6) is -1.43. The third kappa shape index (κ3) is 5.65. The van der Waals surface area contributed by atoms with Crippen LogP contribution in [0.4, 0.5) is 13.2 Å². The number of sulfone groups is 1. The van der Waals surface area contributed by atoms with Crippen molar-refractivity contribution in [3.8, 4) is 17.0 Å². The van der Waals surface area contributed by atoms with Crippen LogP contribution in [0.5, 0.6) is 5.75 Å². The first-order valence-corrected chi connectivity index (χ1v) is 13.5. The van der Waals surface area contributed by atoms with Crippen molar-refractivity contribution < 1.29 is 48.5 Å². The minimum atomic E-state index is -5.81. The van der Waals surface area contributed by atoms with E-state index in [1.807, 2.05) is 0 Å². The smallest absolute Gasteiger partial charge is 0.459 e. The maximum atomic E-state index is 13.6. The van der Waals surface area contributed by atoms with Gasteiger partial charge in [-0.1, -0.05) is 0 Å². The molecule has 36 heavy (non-hydrogen) atoms. The third-order valence-electron chi connectivity index (χ3n) is 5.27. The molecule has 0 atom stereocenters. The number of hydrogen-bond acceptors (Lipinski definition) is 9. The number of benzene rings is 1. The third-order valence-corrected chi connectivity index (χ3v) is 8.72. The van der Waals surface area contributed by atoms with Crippen molar-refractivity contribution in [3.63, 3.8) is 0 Å². The van der Waals surface area contributed by atoms with Crippen molar-refractivity contribution in [1.82, 2.24) is 4.98 Å². The number of carbonyl (C=O) groups excluding carboxylic acids is 1. The molecule has 0 amide bonds. The quantitative estimate of drug-likeness (QED) is 0.300. The Morgan fingerprint density at radius 2 is 1.56 bits per heavy atom. The number of ether oxygens (including phenoxy) is 2. The lowest BCUT2D eigenvalue weighted by Crippen LogP contribution is -2.53. The maximum Gasteiger partial charge on any atom is 0.534 e. The van der Waals surface area contributed by atoms with Gasteiger partial charge in [0.15, 0.2) is 14.6 Å². The lowest BCUT2D eigenvalue weighted by Gasteiger charge is -2.36. The van der Waals surface area contributed by atoms with Gasteiger partial charge in [-0.05, 0) is 57.2 Å². The number of halogens is 3. The SMILES string of the molecule is CC(C)(C)OC(=O)C1(S(=O)(=O)c2ccc(-c3ccc(OS(=O)(=O)C(F)(F)F)cc3)nc2)CCOCC1. The van der Waals surface area contributed by atoms with E-state index in [-0.39, 0.29) is 36.6 Å². The van der Waals surface area contributed by atoms with Crippen molar-refractivity contribution in [2.45, 2.75) is 54.4 Å². The van der Waals surface area contributed by atoms with E-state index >= 15 is 0 Å². The minimum absolute atomic E-state index is 0.0580. The van der Waals surface area contributed by atoms with Gasteiger partial charge in [-0.2, -0.15) is 21.6 Å². The lowest BCUT2D eigenvalue weighted by atomic mass is 9.99. The molecule has 2 heterocycles. The Labute approximate surface area is 206 Å². The first-order valence-electron chi connectivity index (χ1n) is 10.6. The molecule has 0 aliphatic carbocycles. The number of esters is 1. The molecule has 2 aromatic rings. The number of alkyl halides is 3. The Balaban J connectivity index is 1.88. The molecule has 1 aliphatic heterocycles. The van der Waals surface area contributed by atoms with Crippen molar-refractivity contribution in [1.29, 1.82) is 0 Å². The van der Waals surface area contributed by atoms with Crippen LogP contribution in [0, 0.1) is 0 Å². The second kappa shape index (κ2) is 9.63. The van der Waals surface area contributed by atoms with E-state index in [1.165, 1.54) is 24.3 Å². The summed E-state index contributed by atoms with van der Waals surface area (Å²) >= 11 is 0. The van der Waals surface area contributed by atoms with Crippen molar-refractivity contribution in [2.24, 2.45) is 0 Å². The lowest BCUT2D eigenvalue weighted by molar-refractivity contribution is -0.160. The van der Waals surface area contributed by atoms with Gasteiger partial charge >= 0.3 is 21.6 Å². The summed E-state index contributed by atoms with van der Waals surface area (Å²) in [4.78, 5) is 16.9. The molecule has 0 spiro atoms. The van der Waals surface area contributed by atoms with Gasteiger partial charge in [-0.25, -0.2) is 8.42 Å². The average molecular weight is 552 g/mol. The van der Waals surface area contributed by atoms with Crippen LogP contribution in [0.25, 0.3) is 11.3 Å². The summed E-state index contributed by atoms with van der Waals surface area (Å²) in [5, 5.41) is 0. The first kappa shape index (κ1) is 27.9. The molecular formula is C22H24F3NO8S2. The molecule has 0 radical (unpaired) electrons. The van der Waals surface area contributed by atoms with Crippen LogP contribution in [0.15, 0.2) is 47.5 Å². The normalized spacial score (nSPS) is 16.8. The number of rotatable bonds is 6. The van der Waals surface area contributed by atoms with Gasteiger partial charge in [0.25, 0.3) is 0 Å². The molecule has 9 nitrogen and oxygen atoms in total. The molecule has 0 N–H and O–H groups in total. The number of hydrogen-bond donors (Lipinski definition) is 0. The Morgan fingerprint density at radius 3 is 2.03 bits per heavy atom. The molecular weight excluding hydrogens is 527 g/mol. The molecule has 3 rings (SSSR count). The van der Waals surface area contributed by atoms with Gasteiger partial charge in [0.2, 0.25) is 0 Å². The number of aromatic nitrogens is 1. The van der Waals surface area contributed by atoms with E-state index in [4.69, 9.17) is 9.47 Å². The number of pyridine rings is 1. The van der Waals surface area contributed by atoms with Gasteiger partial charge in [-0.3, -0.25) is 9.78 Å². The van der Waals surface area contributed by atoms with Crippen LogP contribution in [0.3, 0.4) is 0 Å². The van der Waals surface area contributed by atoms with Gasteiger partial charge in [0.05, 0.1) is 10.6 Å².